The molecular weight excluding hydrogens is 312 g/mol. The van der Waals surface area contributed by atoms with Gasteiger partial charge in [-0.1, -0.05) is 6.42 Å². The molecule has 1 saturated carbocycles. The average molecular weight is 339 g/mol. The minimum atomic E-state index is -3.46. The highest BCUT2D eigenvalue weighted by Crippen LogP contribution is 2.37. The van der Waals surface area contributed by atoms with Crippen molar-refractivity contribution in [3.05, 3.63) is 0 Å². The molecule has 0 aromatic rings. The molecule has 2 atom stereocenters. The standard InChI is InChI=1S/C14H27ClN2O3S/c1-12(13-6-7-13)16(9-10-20-2)21(18,19)17-8-4-3-5-14(17)11-15/h12-14H,3-11H2,1-2H3. The summed E-state index contributed by atoms with van der Waals surface area (Å²) in [5.74, 6) is 0.866. The minimum absolute atomic E-state index is 0.0445. The van der Waals surface area contributed by atoms with Crippen molar-refractivity contribution in [3.63, 3.8) is 0 Å². The zero-order valence-corrected chi connectivity index (χ0v) is 14.6. The molecule has 21 heavy (non-hydrogen) atoms. The van der Waals surface area contributed by atoms with Gasteiger partial charge in [-0.2, -0.15) is 17.0 Å². The van der Waals surface area contributed by atoms with Crippen LogP contribution >= 0.6 is 11.6 Å². The van der Waals surface area contributed by atoms with Crippen molar-refractivity contribution < 1.29 is 13.2 Å². The van der Waals surface area contributed by atoms with Crippen LogP contribution in [0.2, 0.25) is 0 Å². The van der Waals surface area contributed by atoms with E-state index in [1.165, 1.54) is 0 Å². The van der Waals surface area contributed by atoms with E-state index in [9.17, 15) is 8.42 Å². The molecular formula is C14H27ClN2O3S. The maximum absolute atomic E-state index is 13.1. The van der Waals surface area contributed by atoms with Crippen LogP contribution in [-0.2, 0) is 14.9 Å². The van der Waals surface area contributed by atoms with Crippen LogP contribution in [0.4, 0.5) is 0 Å². The van der Waals surface area contributed by atoms with Gasteiger partial charge in [0.2, 0.25) is 0 Å². The Kier molecular flexibility index (Phi) is 6.32. The summed E-state index contributed by atoms with van der Waals surface area (Å²) in [7, 11) is -1.85. The van der Waals surface area contributed by atoms with Gasteiger partial charge >= 0.3 is 0 Å². The van der Waals surface area contributed by atoms with E-state index in [2.05, 4.69) is 0 Å². The minimum Gasteiger partial charge on any atom is -0.383 e. The van der Waals surface area contributed by atoms with Gasteiger partial charge in [0.15, 0.2) is 0 Å². The first-order valence-corrected chi connectivity index (χ1v) is 9.79. The number of hydrogen-bond donors (Lipinski definition) is 0. The van der Waals surface area contributed by atoms with Gasteiger partial charge in [0.25, 0.3) is 10.2 Å². The van der Waals surface area contributed by atoms with Gasteiger partial charge in [0.05, 0.1) is 6.61 Å². The highest BCUT2D eigenvalue weighted by Gasteiger charge is 2.42. The first-order valence-electron chi connectivity index (χ1n) is 7.86. The summed E-state index contributed by atoms with van der Waals surface area (Å²) in [6, 6.07) is -0.0232. The third kappa shape index (κ3) is 4.10. The smallest absolute Gasteiger partial charge is 0.282 e. The van der Waals surface area contributed by atoms with Crippen LogP contribution in [0.25, 0.3) is 0 Å². The van der Waals surface area contributed by atoms with E-state index in [4.69, 9.17) is 16.3 Å². The molecule has 1 saturated heterocycles. The van der Waals surface area contributed by atoms with Crippen LogP contribution in [0.15, 0.2) is 0 Å². The second kappa shape index (κ2) is 7.59. The quantitative estimate of drug-likeness (QED) is 0.637. The van der Waals surface area contributed by atoms with Crippen LogP contribution in [0, 0.1) is 5.92 Å². The van der Waals surface area contributed by atoms with Gasteiger partial charge in [0.1, 0.15) is 0 Å². The van der Waals surface area contributed by atoms with Gasteiger partial charge in [-0.15, -0.1) is 11.6 Å². The van der Waals surface area contributed by atoms with E-state index in [1.54, 1.807) is 15.7 Å². The van der Waals surface area contributed by atoms with E-state index in [-0.39, 0.29) is 12.1 Å². The number of ether oxygens (including phenoxy) is 1. The number of nitrogens with zero attached hydrogens (tertiary/aromatic N) is 2. The summed E-state index contributed by atoms with van der Waals surface area (Å²) < 4.78 is 34.5. The first-order chi connectivity index (χ1) is 10.0. The topological polar surface area (TPSA) is 49.9 Å². The number of piperidine rings is 1. The van der Waals surface area contributed by atoms with Gasteiger partial charge in [-0.25, -0.2) is 0 Å². The van der Waals surface area contributed by atoms with Gasteiger partial charge < -0.3 is 4.74 Å². The first kappa shape index (κ1) is 17.5. The monoisotopic (exact) mass is 338 g/mol. The third-order valence-electron chi connectivity index (χ3n) is 4.62. The second-order valence-electron chi connectivity index (χ2n) is 6.10. The molecule has 124 valence electrons. The van der Waals surface area contributed by atoms with Crippen LogP contribution in [0.3, 0.4) is 0 Å². The van der Waals surface area contributed by atoms with Crippen molar-refractivity contribution in [1.29, 1.82) is 0 Å². The fourth-order valence-corrected chi connectivity index (χ4v) is 5.58. The lowest BCUT2D eigenvalue weighted by Gasteiger charge is -2.39. The molecule has 2 rings (SSSR count). The number of rotatable bonds is 8. The lowest BCUT2D eigenvalue weighted by molar-refractivity contribution is 0.154. The summed E-state index contributed by atoms with van der Waals surface area (Å²) in [6.07, 6.45) is 5.08. The van der Waals surface area contributed by atoms with E-state index < -0.39 is 10.2 Å². The molecule has 2 unspecified atom stereocenters. The molecule has 2 fully saturated rings. The lowest BCUT2D eigenvalue weighted by Crippen LogP contribution is -2.54. The average Bonchev–Trinajstić information content (AvgIpc) is 3.31. The molecule has 1 aliphatic carbocycles. The van der Waals surface area contributed by atoms with Gasteiger partial charge in [-0.3, -0.25) is 0 Å². The van der Waals surface area contributed by atoms with Crippen LogP contribution < -0.4 is 0 Å². The normalized spacial score (nSPS) is 26.2. The van der Waals surface area contributed by atoms with Crippen molar-refractivity contribution in [2.24, 2.45) is 5.92 Å². The van der Waals surface area contributed by atoms with Crippen molar-refractivity contribution in [2.45, 2.75) is 51.1 Å². The lowest BCUT2D eigenvalue weighted by atomic mass is 10.1. The predicted octanol–water partition coefficient (Wildman–Crippen LogP) is 2.07. The van der Waals surface area contributed by atoms with Crippen LogP contribution in [-0.4, -0.2) is 61.8 Å². The van der Waals surface area contributed by atoms with Crippen LogP contribution in [0.1, 0.15) is 39.0 Å². The predicted molar refractivity (Wildman–Crippen MR) is 84.8 cm³/mol. The molecule has 7 heteroatoms. The van der Waals surface area contributed by atoms with Crippen molar-refractivity contribution in [2.75, 3.05) is 32.7 Å². The molecule has 0 aromatic heterocycles. The Bertz CT molecular complexity index is 428. The third-order valence-corrected chi connectivity index (χ3v) is 7.16. The Labute approximate surface area is 133 Å². The Morgan fingerprint density at radius 3 is 2.62 bits per heavy atom. The highest BCUT2D eigenvalue weighted by atomic mass is 35.5. The van der Waals surface area contributed by atoms with E-state index in [1.807, 2.05) is 6.92 Å². The number of methoxy groups -OCH3 is 1. The zero-order chi connectivity index (χ0) is 15.5. The fraction of sp³-hybridized carbons (Fsp3) is 1.00. The number of halogens is 1. The Hall–Kier alpha value is 0.120. The van der Waals surface area contributed by atoms with E-state index in [0.29, 0.717) is 31.5 Å². The number of hydrogen-bond acceptors (Lipinski definition) is 3. The molecule has 1 aliphatic heterocycles. The molecule has 0 N–H and O–H groups in total. The molecule has 2 aliphatic rings. The maximum Gasteiger partial charge on any atom is 0.282 e. The zero-order valence-electron chi connectivity index (χ0n) is 13.0. The van der Waals surface area contributed by atoms with Crippen molar-refractivity contribution >= 4 is 21.8 Å². The molecule has 0 spiro atoms. The summed E-state index contributed by atoms with van der Waals surface area (Å²) in [6.45, 7) is 3.45. The summed E-state index contributed by atoms with van der Waals surface area (Å²) in [5, 5.41) is 0. The SMILES string of the molecule is COCCN(C(C)C1CC1)S(=O)(=O)N1CCCCC1CCl. The van der Waals surface area contributed by atoms with Crippen molar-refractivity contribution in [3.8, 4) is 0 Å². The second-order valence-corrected chi connectivity index (χ2v) is 8.25. The largest absolute Gasteiger partial charge is 0.383 e. The highest BCUT2D eigenvalue weighted by molar-refractivity contribution is 7.86. The number of alkyl halides is 1. The molecule has 0 aromatic carbocycles. The van der Waals surface area contributed by atoms with E-state index >= 15 is 0 Å². The summed E-state index contributed by atoms with van der Waals surface area (Å²) in [4.78, 5) is 0. The Morgan fingerprint density at radius 1 is 1.33 bits per heavy atom. The summed E-state index contributed by atoms with van der Waals surface area (Å²) in [5.41, 5.74) is 0. The Morgan fingerprint density at radius 2 is 2.05 bits per heavy atom. The van der Waals surface area contributed by atoms with Crippen molar-refractivity contribution in [1.82, 2.24) is 8.61 Å². The molecule has 0 radical (unpaired) electrons. The molecule has 0 bridgehead atoms. The van der Waals surface area contributed by atoms with E-state index in [0.717, 1.165) is 32.1 Å². The molecule has 0 amide bonds. The van der Waals surface area contributed by atoms with Gasteiger partial charge in [-0.05, 0) is 38.5 Å². The fourth-order valence-electron chi connectivity index (χ4n) is 3.09. The molecule has 5 nitrogen and oxygen atoms in total. The van der Waals surface area contributed by atoms with Gasteiger partial charge in [0, 0.05) is 38.2 Å². The summed E-state index contributed by atoms with van der Waals surface area (Å²) >= 11 is 6.00. The van der Waals surface area contributed by atoms with Crippen LogP contribution in [0.5, 0.6) is 0 Å². The maximum atomic E-state index is 13.1. The Balaban J connectivity index is 2.18. The molecule has 1 heterocycles.